The van der Waals surface area contributed by atoms with E-state index in [-0.39, 0.29) is 16.2 Å². The summed E-state index contributed by atoms with van der Waals surface area (Å²) < 4.78 is 0. The van der Waals surface area contributed by atoms with Gasteiger partial charge in [-0.15, -0.1) is 0 Å². The van der Waals surface area contributed by atoms with Crippen molar-refractivity contribution in [3.05, 3.63) is 265 Å². The molecule has 0 aromatic heterocycles. The van der Waals surface area contributed by atoms with Crippen LogP contribution in [0.1, 0.15) is 168 Å². The van der Waals surface area contributed by atoms with Crippen molar-refractivity contribution in [2.24, 2.45) is 0 Å². The monoisotopic (exact) mass is 1140 g/mol. The third kappa shape index (κ3) is 12.9. The lowest BCUT2D eigenvalue weighted by atomic mass is 9.70. The summed E-state index contributed by atoms with van der Waals surface area (Å²) in [5.74, 6) is 0. The summed E-state index contributed by atoms with van der Waals surface area (Å²) >= 11 is 0. The molecule has 0 amide bonds. The maximum atomic E-state index is 2.60. The van der Waals surface area contributed by atoms with Gasteiger partial charge in [-0.2, -0.15) is 0 Å². The first-order chi connectivity index (χ1) is 42.5. The maximum Gasteiger partial charge on any atom is 0.0462 e. The molecule has 1 aliphatic carbocycles. The standard InChI is InChI=1S/C85H92N2/c1-9-14-16-17-18-25-60-85(59-15-10-2)81-61-69(67-34-48-75(49-35-67)86(77-52-40-71(41-53-77)83(6,7)12-4)73-44-30-65(31-45-73)63-26-21-19-22-27-63)38-56-79(81)80-57-39-70(62-82(80)85)68-36-50-76(51-37-68)87(74-46-32-66(33-47-74)64-28-23-20-24-29-64)78-54-42-72(43-55-78)84(8,13-5)58-11-3/h19-24,26-57,61-62H,9-18,25,58-60H2,1-8H3. The Bertz CT molecular complexity index is 3800. The average molecular weight is 1140 g/mol. The number of benzene rings is 10. The lowest BCUT2D eigenvalue weighted by Gasteiger charge is -2.33. The largest absolute Gasteiger partial charge is 0.311 e. The number of nitrogens with zero attached hydrogens (tertiary/aromatic N) is 2. The molecule has 10 aromatic carbocycles. The Balaban J connectivity index is 0.939. The van der Waals surface area contributed by atoms with Gasteiger partial charge in [0, 0.05) is 39.5 Å². The van der Waals surface area contributed by atoms with E-state index in [1.807, 2.05) is 0 Å². The zero-order valence-electron chi connectivity index (χ0n) is 53.4. The normalized spacial score (nSPS) is 14.3. The molecule has 0 N–H and O–H groups in total. The Morgan fingerprint density at radius 3 is 1.01 bits per heavy atom. The fraction of sp³-hybridized carbons (Fsp3) is 0.294. The first kappa shape index (κ1) is 60.5. The number of hydrogen-bond acceptors (Lipinski definition) is 2. The van der Waals surface area contributed by atoms with Crippen LogP contribution in [0.5, 0.6) is 0 Å². The second-order valence-corrected chi connectivity index (χ2v) is 25.8. The number of fused-ring (bicyclic) bond motifs is 3. The molecule has 2 unspecified atom stereocenters. The van der Waals surface area contributed by atoms with E-state index in [0.717, 1.165) is 54.1 Å². The van der Waals surface area contributed by atoms with Crippen LogP contribution in [-0.2, 0) is 16.2 Å². The summed E-state index contributed by atoms with van der Waals surface area (Å²) in [5.41, 5.74) is 25.6. The molecule has 0 aliphatic heterocycles. The predicted octanol–water partition coefficient (Wildman–Crippen LogP) is 25.7. The van der Waals surface area contributed by atoms with Crippen LogP contribution in [0.4, 0.5) is 34.1 Å². The van der Waals surface area contributed by atoms with Crippen molar-refractivity contribution in [2.45, 2.75) is 162 Å². The molecule has 1 aliphatic rings. The molecule has 0 heterocycles. The SMILES string of the molecule is CCCCCCCCC1(CCCC)c2cc(-c3ccc(N(c4ccc(-c5ccccc5)cc4)c4ccc(C(C)(C)CC)cc4)cc3)ccc2-c2ccc(-c3ccc(N(c4ccc(-c5ccccc5)cc4)c4ccc(C(C)(CC)CCC)cc4)cc3)cc21. The molecule has 0 spiro atoms. The highest BCUT2D eigenvalue weighted by atomic mass is 15.1. The zero-order chi connectivity index (χ0) is 60.4. The van der Waals surface area contributed by atoms with Gasteiger partial charge in [-0.05, 0) is 206 Å². The van der Waals surface area contributed by atoms with Crippen LogP contribution in [0.3, 0.4) is 0 Å². The Morgan fingerprint density at radius 1 is 0.299 bits per heavy atom. The van der Waals surface area contributed by atoms with Crippen molar-refractivity contribution in [3.8, 4) is 55.6 Å². The third-order valence-electron chi connectivity index (χ3n) is 19.9. The van der Waals surface area contributed by atoms with Gasteiger partial charge in [0.15, 0.2) is 0 Å². The summed E-state index contributed by atoms with van der Waals surface area (Å²) in [6.45, 7) is 18.7. The molecule has 0 saturated carbocycles. The summed E-state index contributed by atoms with van der Waals surface area (Å²) in [6, 6.07) is 91.9. The lowest BCUT2D eigenvalue weighted by molar-refractivity contribution is 0.405. The van der Waals surface area contributed by atoms with E-state index in [4.69, 9.17) is 0 Å². The molecule has 2 nitrogen and oxygen atoms in total. The topological polar surface area (TPSA) is 6.48 Å². The third-order valence-corrected chi connectivity index (χ3v) is 19.9. The van der Waals surface area contributed by atoms with Crippen molar-refractivity contribution in [3.63, 3.8) is 0 Å². The van der Waals surface area contributed by atoms with Gasteiger partial charge in [-0.3, -0.25) is 0 Å². The molecule has 0 saturated heterocycles. The van der Waals surface area contributed by atoms with Crippen LogP contribution in [0, 0.1) is 0 Å². The van der Waals surface area contributed by atoms with E-state index in [2.05, 4.69) is 308 Å². The van der Waals surface area contributed by atoms with Gasteiger partial charge in [0.05, 0.1) is 0 Å². The maximum absolute atomic E-state index is 2.60. The minimum Gasteiger partial charge on any atom is -0.311 e. The molecule has 87 heavy (non-hydrogen) atoms. The average Bonchev–Trinajstić information content (AvgIpc) is 1.68. The number of rotatable bonds is 26. The summed E-state index contributed by atoms with van der Waals surface area (Å²) in [7, 11) is 0. The molecule has 2 heteroatoms. The molecule has 0 fully saturated rings. The first-order valence-corrected chi connectivity index (χ1v) is 33.1. The van der Waals surface area contributed by atoms with E-state index in [1.54, 1.807) is 0 Å². The Labute approximate surface area is 523 Å². The van der Waals surface area contributed by atoms with E-state index in [1.165, 1.54) is 148 Å². The highest BCUT2D eigenvalue weighted by Crippen LogP contribution is 2.56. The first-order valence-electron chi connectivity index (χ1n) is 33.1. The van der Waals surface area contributed by atoms with Crippen LogP contribution < -0.4 is 9.80 Å². The van der Waals surface area contributed by atoms with Crippen LogP contribution in [0.15, 0.2) is 243 Å². The van der Waals surface area contributed by atoms with E-state index in [9.17, 15) is 0 Å². The quantitative estimate of drug-likeness (QED) is 0.0499. The lowest BCUT2D eigenvalue weighted by Crippen LogP contribution is -2.25. The van der Waals surface area contributed by atoms with Gasteiger partial charge >= 0.3 is 0 Å². The molecule has 0 bridgehead atoms. The smallest absolute Gasteiger partial charge is 0.0462 e. The second kappa shape index (κ2) is 27.2. The Kier molecular flexibility index (Phi) is 18.9. The fourth-order valence-electron chi connectivity index (χ4n) is 13.9. The van der Waals surface area contributed by atoms with Crippen LogP contribution in [-0.4, -0.2) is 0 Å². The molecular weight excluding hydrogens is 1050 g/mol. The number of anilines is 6. The van der Waals surface area contributed by atoms with Gasteiger partial charge in [0.2, 0.25) is 0 Å². The van der Waals surface area contributed by atoms with Crippen LogP contribution >= 0.6 is 0 Å². The summed E-state index contributed by atoms with van der Waals surface area (Å²) in [6.07, 6.45) is 16.9. The number of unbranched alkanes of at least 4 members (excludes halogenated alkanes) is 6. The minimum atomic E-state index is -0.0849. The second-order valence-electron chi connectivity index (χ2n) is 25.8. The molecule has 0 radical (unpaired) electrons. The van der Waals surface area contributed by atoms with Crippen molar-refractivity contribution in [2.75, 3.05) is 9.80 Å². The zero-order valence-corrected chi connectivity index (χ0v) is 53.4. The van der Waals surface area contributed by atoms with Crippen molar-refractivity contribution >= 4 is 34.1 Å². The molecule has 11 rings (SSSR count). The fourth-order valence-corrected chi connectivity index (χ4v) is 13.9. The Morgan fingerprint density at radius 2 is 0.632 bits per heavy atom. The van der Waals surface area contributed by atoms with Gasteiger partial charge in [-0.25, -0.2) is 0 Å². The van der Waals surface area contributed by atoms with E-state index >= 15 is 0 Å². The van der Waals surface area contributed by atoms with Crippen LogP contribution in [0.2, 0.25) is 0 Å². The molecular formula is C85H92N2. The van der Waals surface area contributed by atoms with Crippen molar-refractivity contribution < 1.29 is 0 Å². The summed E-state index contributed by atoms with van der Waals surface area (Å²) in [4.78, 5) is 4.84. The summed E-state index contributed by atoms with van der Waals surface area (Å²) in [5, 5.41) is 0. The van der Waals surface area contributed by atoms with Crippen molar-refractivity contribution in [1.29, 1.82) is 0 Å². The van der Waals surface area contributed by atoms with E-state index in [0.29, 0.717) is 0 Å². The van der Waals surface area contributed by atoms with Gasteiger partial charge in [0.1, 0.15) is 0 Å². The van der Waals surface area contributed by atoms with Gasteiger partial charge < -0.3 is 9.80 Å². The predicted molar refractivity (Wildman–Crippen MR) is 377 cm³/mol. The molecule has 2 atom stereocenters. The molecule has 442 valence electrons. The van der Waals surface area contributed by atoms with Crippen LogP contribution in [0.25, 0.3) is 55.6 Å². The highest BCUT2D eigenvalue weighted by Gasteiger charge is 2.43. The Hall–Kier alpha value is -8.20. The van der Waals surface area contributed by atoms with Gasteiger partial charge in [0.25, 0.3) is 0 Å². The minimum absolute atomic E-state index is 0.0849. The van der Waals surface area contributed by atoms with Crippen molar-refractivity contribution in [1.82, 2.24) is 0 Å². The highest BCUT2D eigenvalue weighted by molar-refractivity contribution is 5.88. The van der Waals surface area contributed by atoms with Gasteiger partial charge in [-0.1, -0.05) is 271 Å². The van der Waals surface area contributed by atoms with E-state index < -0.39 is 0 Å². The molecule has 10 aromatic rings. The number of hydrogen-bond donors (Lipinski definition) is 0.